The molecule has 8 nitrogen and oxygen atoms in total. The molecular weight excluding hydrogens is 425 g/mol. The lowest BCUT2D eigenvalue weighted by molar-refractivity contribution is -0.156. The fourth-order valence-corrected chi connectivity index (χ4v) is 4.85. The van der Waals surface area contributed by atoms with Crippen molar-refractivity contribution in [1.29, 1.82) is 0 Å². The van der Waals surface area contributed by atoms with Crippen LogP contribution in [0, 0.1) is 5.82 Å². The SMILES string of the molecule is COc1ccc([C@@H]2[C@@H](c3ccc(F)cc3)C(=O)N2C2CCN(C(=O)n3cncn3)CC2)cc1. The van der Waals surface area contributed by atoms with Crippen molar-refractivity contribution in [2.24, 2.45) is 0 Å². The summed E-state index contributed by atoms with van der Waals surface area (Å²) in [6.07, 6.45) is 4.07. The quantitative estimate of drug-likeness (QED) is 0.572. The number of aromatic nitrogens is 3. The highest BCUT2D eigenvalue weighted by Gasteiger charge is 2.52. The molecule has 2 aromatic carbocycles. The third kappa shape index (κ3) is 3.83. The van der Waals surface area contributed by atoms with Gasteiger partial charge in [0.05, 0.1) is 19.1 Å². The Bertz CT molecular complexity index is 1130. The summed E-state index contributed by atoms with van der Waals surface area (Å²) >= 11 is 0. The molecule has 2 amide bonds. The normalized spacial score (nSPS) is 21.1. The first kappa shape index (κ1) is 21.1. The van der Waals surface area contributed by atoms with Crippen molar-refractivity contribution in [2.75, 3.05) is 20.2 Å². The number of amides is 2. The smallest absolute Gasteiger partial charge is 0.346 e. The summed E-state index contributed by atoms with van der Waals surface area (Å²) < 4.78 is 20.0. The van der Waals surface area contributed by atoms with Crippen LogP contribution in [-0.4, -0.2) is 62.7 Å². The van der Waals surface area contributed by atoms with E-state index >= 15 is 0 Å². The van der Waals surface area contributed by atoms with Crippen molar-refractivity contribution in [1.82, 2.24) is 24.6 Å². The molecule has 0 saturated carbocycles. The Labute approximate surface area is 190 Å². The van der Waals surface area contributed by atoms with Gasteiger partial charge in [-0.05, 0) is 48.2 Å². The Hall–Kier alpha value is -3.75. The monoisotopic (exact) mass is 449 g/mol. The lowest BCUT2D eigenvalue weighted by atomic mass is 9.76. The Balaban J connectivity index is 1.37. The topological polar surface area (TPSA) is 80.6 Å². The van der Waals surface area contributed by atoms with Crippen LogP contribution in [0.4, 0.5) is 9.18 Å². The summed E-state index contributed by atoms with van der Waals surface area (Å²) in [5, 5.41) is 3.91. The van der Waals surface area contributed by atoms with Crippen LogP contribution >= 0.6 is 0 Å². The molecule has 170 valence electrons. The molecule has 2 fully saturated rings. The number of piperidine rings is 1. The van der Waals surface area contributed by atoms with Gasteiger partial charge in [-0.3, -0.25) is 4.79 Å². The minimum Gasteiger partial charge on any atom is -0.497 e. The Morgan fingerprint density at radius 1 is 1.03 bits per heavy atom. The summed E-state index contributed by atoms with van der Waals surface area (Å²) in [5.74, 6) is 0.0827. The Kier molecular flexibility index (Phi) is 5.53. The number of hydrogen-bond donors (Lipinski definition) is 0. The number of ether oxygens (including phenoxy) is 1. The average Bonchev–Trinajstić information content (AvgIpc) is 3.39. The fourth-order valence-electron chi connectivity index (χ4n) is 4.85. The molecule has 1 aromatic heterocycles. The van der Waals surface area contributed by atoms with E-state index < -0.39 is 0 Å². The zero-order chi connectivity index (χ0) is 22.9. The molecule has 3 aromatic rings. The number of benzene rings is 2. The van der Waals surface area contributed by atoms with Gasteiger partial charge in [0, 0.05) is 19.1 Å². The number of halogens is 1. The zero-order valence-corrected chi connectivity index (χ0v) is 18.2. The van der Waals surface area contributed by atoms with Gasteiger partial charge in [0.25, 0.3) is 0 Å². The van der Waals surface area contributed by atoms with Crippen molar-refractivity contribution in [3.63, 3.8) is 0 Å². The Morgan fingerprint density at radius 2 is 1.70 bits per heavy atom. The highest BCUT2D eigenvalue weighted by molar-refractivity contribution is 5.92. The van der Waals surface area contributed by atoms with Gasteiger partial charge < -0.3 is 14.5 Å². The molecular formula is C24H24FN5O3. The molecule has 3 heterocycles. The molecule has 2 atom stereocenters. The third-order valence-corrected chi connectivity index (χ3v) is 6.57. The lowest BCUT2D eigenvalue weighted by Crippen LogP contribution is -2.60. The van der Waals surface area contributed by atoms with Crippen LogP contribution in [0.2, 0.25) is 0 Å². The average molecular weight is 449 g/mol. The molecule has 2 saturated heterocycles. The predicted molar refractivity (Wildman–Crippen MR) is 117 cm³/mol. The van der Waals surface area contributed by atoms with E-state index in [-0.39, 0.29) is 35.8 Å². The molecule has 0 aliphatic carbocycles. The second kappa shape index (κ2) is 8.65. The van der Waals surface area contributed by atoms with Crippen LogP contribution in [0.1, 0.15) is 35.9 Å². The minimum atomic E-state index is -0.367. The van der Waals surface area contributed by atoms with E-state index in [0.717, 1.165) is 16.9 Å². The number of hydrogen-bond acceptors (Lipinski definition) is 5. The number of likely N-dealkylation sites (tertiary alicyclic amines) is 2. The summed E-state index contributed by atoms with van der Waals surface area (Å²) in [7, 11) is 1.61. The molecule has 2 aliphatic heterocycles. The van der Waals surface area contributed by atoms with Gasteiger partial charge in [0.2, 0.25) is 5.91 Å². The maximum Gasteiger partial charge on any atom is 0.346 e. The summed E-state index contributed by atoms with van der Waals surface area (Å²) in [5.41, 5.74) is 1.81. The molecule has 2 aliphatic rings. The highest BCUT2D eigenvalue weighted by atomic mass is 19.1. The molecule has 33 heavy (non-hydrogen) atoms. The number of nitrogens with zero attached hydrogens (tertiary/aromatic N) is 5. The zero-order valence-electron chi connectivity index (χ0n) is 18.2. The molecule has 0 bridgehead atoms. The largest absolute Gasteiger partial charge is 0.497 e. The van der Waals surface area contributed by atoms with Crippen LogP contribution in [0.15, 0.2) is 61.2 Å². The number of carbonyl (C=O) groups excluding carboxylic acids is 2. The first-order valence-electron chi connectivity index (χ1n) is 10.9. The summed E-state index contributed by atoms with van der Waals surface area (Å²) in [6.45, 7) is 1.06. The van der Waals surface area contributed by atoms with E-state index in [0.29, 0.717) is 25.9 Å². The van der Waals surface area contributed by atoms with Gasteiger partial charge in [-0.15, -0.1) is 0 Å². The van der Waals surface area contributed by atoms with Crippen molar-refractivity contribution < 1.29 is 18.7 Å². The second-order valence-corrected chi connectivity index (χ2v) is 8.33. The standard InChI is InChI=1S/C24H24FN5O3/c1-33-20-8-4-17(5-9-20)22-21(16-2-6-18(25)7-3-16)23(31)30(22)19-10-12-28(13-11-19)24(32)29-15-26-14-27-29/h2-9,14-15,19,21-22H,10-13H2,1H3/t21-,22-/m1/s1. The van der Waals surface area contributed by atoms with Crippen LogP contribution < -0.4 is 4.74 Å². The second-order valence-electron chi connectivity index (χ2n) is 8.33. The highest BCUT2D eigenvalue weighted by Crippen LogP contribution is 2.49. The van der Waals surface area contributed by atoms with Gasteiger partial charge in [0.1, 0.15) is 24.2 Å². The van der Waals surface area contributed by atoms with Gasteiger partial charge in [0.15, 0.2) is 0 Å². The number of rotatable bonds is 4. The lowest BCUT2D eigenvalue weighted by Gasteiger charge is -2.53. The molecule has 9 heteroatoms. The van der Waals surface area contributed by atoms with Crippen LogP contribution in [-0.2, 0) is 4.79 Å². The molecule has 5 rings (SSSR count). The minimum absolute atomic E-state index is 0.0149. The van der Waals surface area contributed by atoms with E-state index in [2.05, 4.69) is 10.1 Å². The van der Waals surface area contributed by atoms with Crippen LogP contribution in [0.25, 0.3) is 0 Å². The molecule has 0 spiro atoms. The van der Waals surface area contributed by atoms with E-state index in [9.17, 15) is 14.0 Å². The van der Waals surface area contributed by atoms with E-state index in [1.54, 1.807) is 24.1 Å². The van der Waals surface area contributed by atoms with E-state index in [1.165, 1.54) is 29.5 Å². The van der Waals surface area contributed by atoms with Crippen LogP contribution in [0.5, 0.6) is 5.75 Å². The van der Waals surface area contributed by atoms with Crippen molar-refractivity contribution in [2.45, 2.75) is 30.8 Å². The van der Waals surface area contributed by atoms with E-state index in [1.807, 2.05) is 29.2 Å². The van der Waals surface area contributed by atoms with Gasteiger partial charge in [-0.25, -0.2) is 14.2 Å². The first-order valence-corrected chi connectivity index (χ1v) is 10.9. The maximum absolute atomic E-state index is 13.5. The summed E-state index contributed by atoms with van der Waals surface area (Å²) in [4.78, 5) is 33.4. The number of carbonyl (C=O) groups is 2. The molecule has 0 radical (unpaired) electrons. The van der Waals surface area contributed by atoms with Crippen LogP contribution in [0.3, 0.4) is 0 Å². The Morgan fingerprint density at radius 3 is 2.30 bits per heavy atom. The number of methoxy groups -OCH3 is 1. The van der Waals surface area contributed by atoms with Gasteiger partial charge in [-0.2, -0.15) is 9.78 Å². The predicted octanol–water partition coefficient (Wildman–Crippen LogP) is 3.23. The van der Waals surface area contributed by atoms with Gasteiger partial charge in [-0.1, -0.05) is 24.3 Å². The summed E-state index contributed by atoms with van der Waals surface area (Å²) in [6, 6.07) is 13.5. The van der Waals surface area contributed by atoms with Crippen molar-refractivity contribution in [3.8, 4) is 5.75 Å². The van der Waals surface area contributed by atoms with Crippen molar-refractivity contribution >= 4 is 11.9 Å². The van der Waals surface area contributed by atoms with Crippen molar-refractivity contribution in [3.05, 3.63) is 78.1 Å². The first-order chi connectivity index (χ1) is 16.1. The maximum atomic E-state index is 13.5. The number of β-lactam (4-membered cyclic amide) rings is 1. The van der Waals surface area contributed by atoms with Gasteiger partial charge >= 0.3 is 6.03 Å². The third-order valence-electron chi connectivity index (χ3n) is 6.57. The fraction of sp³-hybridized carbons (Fsp3) is 0.333. The van der Waals surface area contributed by atoms with E-state index in [4.69, 9.17) is 4.74 Å². The molecule has 0 N–H and O–H groups in total. The molecule has 0 unspecified atom stereocenters.